The van der Waals surface area contributed by atoms with Gasteiger partial charge in [-0.3, -0.25) is 4.55 Å². The van der Waals surface area contributed by atoms with Crippen LogP contribution in [0.4, 0.5) is 5.69 Å². The second-order valence-electron chi connectivity index (χ2n) is 6.17. The first kappa shape index (κ1) is 20.4. The number of anilines is 1. The molecule has 3 rings (SSSR count). The van der Waals surface area contributed by atoms with Crippen molar-refractivity contribution in [3.8, 4) is 0 Å². The SMILES string of the molecule is Cc1ccc(/C=C(\c2ccccc2)S(=O)(=O)O)cc1.Cc1ccc(N)cc1. The predicted molar refractivity (Wildman–Crippen MR) is 113 cm³/mol. The van der Waals surface area contributed by atoms with Crippen LogP contribution in [0.1, 0.15) is 22.3 Å². The summed E-state index contributed by atoms with van der Waals surface area (Å²) in [4.78, 5) is -0.100. The van der Waals surface area contributed by atoms with Crippen molar-refractivity contribution < 1.29 is 13.0 Å². The van der Waals surface area contributed by atoms with Gasteiger partial charge in [-0.05, 0) is 43.2 Å². The van der Waals surface area contributed by atoms with Crippen molar-refractivity contribution in [1.82, 2.24) is 0 Å². The normalized spacial score (nSPS) is 11.4. The maximum atomic E-state index is 11.5. The van der Waals surface area contributed by atoms with Crippen molar-refractivity contribution in [2.24, 2.45) is 0 Å². The minimum atomic E-state index is -4.27. The molecule has 3 aromatic carbocycles. The van der Waals surface area contributed by atoms with Crippen LogP contribution in [0.3, 0.4) is 0 Å². The first-order valence-corrected chi connectivity index (χ1v) is 9.83. The van der Waals surface area contributed by atoms with Gasteiger partial charge in [-0.15, -0.1) is 0 Å². The molecular formula is C22H23NO3S. The van der Waals surface area contributed by atoms with Crippen molar-refractivity contribution in [1.29, 1.82) is 0 Å². The van der Waals surface area contributed by atoms with E-state index in [1.807, 2.05) is 62.4 Å². The van der Waals surface area contributed by atoms with E-state index in [1.54, 1.807) is 30.3 Å². The molecule has 0 radical (unpaired) electrons. The summed E-state index contributed by atoms with van der Waals surface area (Å²) in [6.07, 6.45) is 1.46. The summed E-state index contributed by atoms with van der Waals surface area (Å²) in [6.45, 7) is 3.99. The lowest BCUT2D eigenvalue weighted by Crippen LogP contribution is -2.00. The zero-order valence-electron chi connectivity index (χ0n) is 15.3. The fraction of sp³-hybridized carbons (Fsp3) is 0.0909. The fourth-order valence-electron chi connectivity index (χ4n) is 2.29. The molecule has 3 N–H and O–H groups in total. The van der Waals surface area contributed by atoms with Gasteiger partial charge in [0.05, 0.1) is 0 Å². The molecule has 0 aliphatic carbocycles. The number of hydrogen-bond acceptors (Lipinski definition) is 3. The van der Waals surface area contributed by atoms with Gasteiger partial charge in [0.25, 0.3) is 10.1 Å². The fourth-order valence-corrected chi connectivity index (χ4v) is 3.01. The molecule has 4 nitrogen and oxygen atoms in total. The molecule has 140 valence electrons. The quantitative estimate of drug-likeness (QED) is 0.382. The molecule has 27 heavy (non-hydrogen) atoms. The number of nitrogens with two attached hydrogens (primary N) is 1. The standard InChI is InChI=1S/C15H14O3S.C7H9N/c1-12-7-9-13(10-8-12)11-15(19(16,17)18)14-5-3-2-4-6-14;1-6-2-4-7(8)5-3-6/h2-11H,1H3,(H,16,17,18);2-5H,8H2,1H3/b15-11+;. The summed E-state index contributed by atoms with van der Waals surface area (Å²) in [6, 6.07) is 23.7. The van der Waals surface area contributed by atoms with E-state index in [9.17, 15) is 13.0 Å². The number of nitrogen functional groups attached to an aromatic ring is 1. The highest BCUT2D eigenvalue weighted by Gasteiger charge is 2.15. The van der Waals surface area contributed by atoms with Gasteiger partial charge in [0.1, 0.15) is 4.91 Å². The molecule has 0 saturated heterocycles. The molecule has 0 unspecified atom stereocenters. The number of hydrogen-bond donors (Lipinski definition) is 2. The van der Waals surface area contributed by atoms with Crippen LogP contribution in [0.15, 0.2) is 78.9 Å². The first-order valence-electron chi connectivity index (χ1n) is 8.39. The highest BCUT2D eigenvalue weighted by Crippen LogP contribution is 2.23. The first-order chi connectivity index (χ1) is 12.8. The monoisotopic (exact) mass is 381 g/mol. The molecule has 0 heterocycles. The van der Waals surface area contributed by atoms with Crippen LogP contribution >= 0.6 is 0 Å². The Morgan fingerprint density at radius 2 is 1.30 bits per heavy atom. The Labute approximate surface area is 160 Å². The van der Waals surface area contributed by atoms with Crippen LogP contribution in [0.25, 0.3) is 11.0 Å². The Morgan fingerprint density at radius 3 is 1.74 bits per heavy atom. The number of rotatable bonds is 3. The molecular weight excluding hydrogens is 358 g/mol. The van der Waals surface area contributed by atoms with Crippen molar-refractivity contribution in [3.05, 3.63) is 101 Å². The zero-order valence-corrected chi connectivity index (χ0v) is 16.1. The lowest BCUT2D eigenvalue weighted by Gasteiger charge is -2.05. The van der Waals surface area contributed by atoms with Crippen LogP contribution in [0, 0.1) is 13.8 Å². The average Bonchev–Trinajstić information content (AvgIpc) is 2.64. The van der Waals surface area contributed by atoms with Gasteiger partial charge in [-0.1, -0.05) is 77.9 Å². The van der Waals surface area contributed by atoms with E-state index in [0.29, 0.717) is 5.56 Å². The predicted octanol–water partition coefficient (Wildman–Crippen LogP) is 4.96. The van der Waals surface area contributed by atoms with E-state index in [-0.39, 0.29) is 4.91 Å². The summed E-state index contributed by atoms with van der Waals surface area (Å²) in [5.74, 6) is 0. The second-order valence-corrected chi connectivity index (χ2v) is 7.56. The van der Waals surface area contributed by atoms with E-state index < -0.39 is 10.1 Å². The van der Waals surface area contributed by atoms with Gasteiger partial charge >= 0.3 is 0 Å². The van der Waals surface area contributed by atoms with Gasteiger partial charge in [-0.25, -0.2) is 0 Å². The van der Waals surface area contributed by atoms with Gasteiger partial charge in [0.15, 0.2) is 0 Å². The summed E-state index contributed by atoms with van der Waals surface area (Å²) in [5, 5.41) is 0. The highest BCUT2D eigenvalue weighted by molar-refractivity contribution is 7.95. The zero-order chi connectivity index (χ0) is 19.9. The summed E-state index contributed by atoms with van der Waals surface area (Å²) >= 11 is 0. The van der Waals surface area contributed by atoms with E-state index in [4.69, 9.17) is 5.73 Å². The summed E-state index contributed by atoms with van der Waals surface area (Å²) in [5.41, 5.74) is 9.78. The van der Waals surface area contributed by atoms with E-state index in [1.165, 1.54) is 11.6 Å². The molecule has 0 aromatic heterocycles. The Bertz CT molecular complexity index is 971. The summed E-state index contributed by atoms with van der Waals surface area (Å²) in [7, 11) is -4.27. The number of aryl methyl sites for hydroxylation is 2. The molecule has 0 amide bonds. The summed E-state index contributed by atoms with van der Waals surface area (Å²) < 4.78 is 32.3. The van der Waals surface area contributed by atoms with E-state index in [2.05, 4.69) is 0 Å². The van der Waals surface area contributed by atoms with Crippen LogP contribution in [0.5, 0.6) is 0 Å². The smallest absolute Gasteiger partial charge is 0.295 e. The Balaban J connectivity index is 0.000000273. The molecule has 0 aliphatic rings. The maximum absolute atomic E-state index is 11.5. The number of benzene rings is 3. The third-order valence-electron chi connectivity index (χ3n) is 3.79. The minimum absolute atomic E-state index is 0.100. The van der Waals surface area contributed by atoms with Crippen LogP contribution in [-0.2, 0) is 10.1 Å². The Hall–Kier alpha value is -2.89. The van der Waals surface area contributed by atoms with Gasteiger partial charge in [0, 0.05) is 5.69 Å². The molecule has 3 aromatic rings. The lowest BCUT2D eigenvalue weighted by molar-refractivity contribution is 0.496. The van der Waals surface area contributed by atoms with Crippen LogP contribution in [0.2, 0.25) is 0 Å². The van der Waals surface area contributed by atoms with Crippen LogP contribution < -0.4 is 5.73 Å². The highest BCUT2D eigenvalue weighted by atomic mass is 32.2. The second kappa shape index (κ2) is 9.16. The third-order valence-corrected chi connectivity index (χ3v) is 4.70. The van der Waals surface area contributed by atoms with Crippen molar-refractivity contribution >= 4 is 26.8 Å². The molecule has 0 fully saturated rings. The molecule has 5 heteroatoms. The average molecular weight is 381 g/mol. The van der Waals surface area contributed by atoms with E-state index in [0.717, 1.165) is 16.8 Å². The molecule has 0 atom stereocenters. The van der Waals surface area contributed by atoms with Gasteiger partial charge < -0.3 is 5.73 Å². The molecule has 0 bridgehead atoms. The third kappa shape index (κ3) is 6.73. The van der Waals surface area contributed by atoms with Gasteiger partial charge in [0.2, 0.25) is 0 Å². The van der Waals surface area contributed by atoms with Gasteiger partial charge in [-0.2, -0.15) is 8.42 Å². The van der Waals surface area contributed by atoms with Crippen LogP contribution in [-0.4, -0.2) is 13.0 Å². The lowest BCUT2D eigenvalue weighted by atomic mass is 10.1. The van der Waals surface area contributed by atoms with Crippen molar-refractivity contribution in [3.63, 3.8) is 0 Å². The molecule has 0 spiro atoms. The topological polar surface area (TPSA) is 80.4 Å². The molecule has 0 saturated carbocycles. The largest absolute Gasteiger partial charge is 0.399 e. The van der Waals surface area contributed by atoms with Crippen molar-refractivity contribution in [2.75, 3.05) is 5.73 Å². The maximum Gasteiger partial charge on any atom is 0.295 e. The molecule has 0 aliphatic heterocycles. The van der Waals surface area contributed by atoms with Crippen molar-refractivity contribution in [2.45, 2.75) is 13.8 Å². The van der Waals surface area contributed by atoms with E-state index >= 15 is 0 Å². The minimum Gasteiger partial charge on any atom is -0.399 e. The Kier molecular flexibility index (Phi) is 6.93. The Morgan fingerprint density at radius 1 is 0.815 bits per heavy atom.